The predicted molar refractivity (Wildman–Crippen MR) is 71.3 cm³/mol. The molecule has 0 aromatic carbocycles. The van der Waals surface area contributed by atoms with Crippen LogP contribution in [-0.4, -0.2) is 29.3 Å². The van der Waals surface area contributed by atoms with Gasteiger partial charge in [0, 0.05) is 36.1 Å². The van der Waals surface area contributed by atoms with Crippen LogP contribution < -0.4 is 10.6 Å². The molecule has 3 heterocycles. The zero-order chi connectivity index (χ0) is 11.7. The van der Waals surface area contributed by atoms with E-state index < -0.39 is 0 Å². The van der Waals surface area contributed by atoms with Crippen LogP contribution in [0, 0.1) is 0 Å². The maximum atomic E-state index is 5.90. The third kappa shape index (κ3) is 2.21. The monoisotopic (exact) mass is 248 g/mol. The smallest absolute Gasteiger partial charge is 0.150 e. The van der Waals surface area contributed by atoms with Crippen molar-refractivity contribution in [1.82, 2.24) is 10.2 Å². The van der Waals surface area contributed by atoms with Gasteiger partial charge in [0.2, 0.25) is 0 Å². The van der Waals surface area contributed by atoms with E-state index in [9.17, 15) is 0 Å². The summed E-state index contributed by atoms with van der Waals surface area (Å²) in [6, 6.07) is 4.59. The Morgan fingerprint density at radius 3 is 2.94 bits per heavy atom. The third-order valence-corrected chi connectivity index (χ3v) is 3.94. The van der Waals surface area contributed by atoms with Crippen molar-refractivity contribution in [2.75, 3.05) is 18.0 Å². The predicted octanol–water partition coefficient (Wildman–Crippen LogP) is 2.07. The van der Waals surface area contributed by atoms with Crippen molar-refractivity contribution in [3.8, 4) is 11.3 Å². The van der Waals surface area contributed by atoms with E-state index in [-0.39, 0.29) is 0 Å². The van der Waals surface area contributed by atoms with Gasteiger partial charge < -0.3 is 10.6 Å². The molecule has 90 valence electrons. The molecular weight excluding hydrogens is 232 g/mol. The average molecular weight is 248 g/mol. The second kappa shape index (κ2) is 4.50. The summed E-state index contributed by atoms with van der Waals surface area (Å²) in [5.41, 5.74) is 8.21. The maximum absolute atomic E-state index is 5.90. The molecule has 5 heteroatoms. The molecule has 1 fully saturated rings. The molecule has 0 aliphatic carbocycles. The fourth-order valence-corrected chi connectivity index (χ4v) is 2.82. The number of nitrogens with zero attached hydrogens (tertiary/aromatic N) is 2. The minimum absolute atomic E-state index is 0.363. The molecule has 3 rings (SSSR count). The number of aromatic amines is 1. The SMILES string of the molecule is NC1CCN(c2cc(-c3ccsc3)[nH]n2)CC1. The Kier molecular flexibility index (Phi) is 2.86. The second-order valence-electron chi connectivity index (χ2n) is 4.48. The quantitative estimate of drug-likeness (QED) is 0.855. The summed E-state index contributed by atoms with van der Waals surface area (Å²) in [5, 5.41) is 11.7. The number of hydrogen-bond donors (Lipinski definition) is 2. The van der Waals surface area contributed by atoms with Gasteiger partial charge in [0.1, 0.15) is 0 Å². The average Bonchev–Trinajstić information content (AvgIpc) is 3.00. The highest BCUT2D eigenvalue weighted by Crippen LogP contribution is 2.25. The first-order valence-electron chi connectivity index (χ1n) is 5.91. The van der Waals surface area contributed by atoms with E-state index in [2.05, 4.69) is 38.0 Å². The van der Waals surface area contributed by atoms with Crippen LogP contribution in [0.15, 0.2) is 22.9 Å². The Morgan fingerprint density at radius 1 is 1.41 bits per heavy atom. The Bertz CT molecular complexity index is 468. The first-order chi connectivity index (χ1) is 8.33. The van der Waals surface area contributed by atoms with Gasteiger partial charge in [0.15, 0.2) is 5.82 Å². The van der Waals surface area contributed by atoms with Crippen LogP contribution >= 0.6 is 11.3 Å². The first-order valence-corrected chi connectivity index (χ1v) is 6.86. The van der Waals surface area contributed by atoms with Gasteiger partial charge >= 0.3 is 0 Å². The number of anilines is 1. The van der Waals surface area contributed by atoms with Crippen LogP contribution in [0.2, 0.25) is 0 Å². The van der Waals surface area contributed by atoms with Gasteiger partial charge in [-0.1, -0.05) is 0 Å². The van der Waals surface area contributed by atoms with E-state index in [0.29, 0.717) is 6.04 Å². The van der Waals surface area contributed by atoms with Crippen LogP contribution in [0.4, 0.5) is 5.82 Å². The fourth-order valence-electron chi connectivity index (χ4n) is 2.17. The van der Waals surface area contributed by atoms with Gasteiger partial charge in [-0.05, 0) is 24.3 Å². The number of nitrogens with one attached hydrogen (secondary N) is 1. The molecule has 3 N–H and O–H groups in total. The summed E-state index contributed by atoms with van der Waals surface area (Å²) in [7, 11) is 0. The minimum Gasteiger partial charge on any atom is -0.355 e. The summed E-state index contributed by atoms with van der Waals surface area (Å²) < 4.78 is 0. The van der Waals surface area contributed by atoms with Crippen LogP contribution in [0.5, 0.6) is 0 Å². The van der Waals surface area contributed by atoms with Gasteiger partial charge in [0.25, 0.3) is 0 Å². The topological polar surface area (TPSA) is 57.9 Å². The molecule has 0 unspecified atom stereocenters. The number of nitrogens with two attached hydrogens (primary N) is 1. The molecule has 0 bridgehead atoms. The van der Waals surface area contributed by atoms with E-state index in [1.54, 1.807) is 11.3 Å². The van der Waals surface area contributed by atoms with E-state index in [1.165, 1.54) is 5.56 Å². The Balaban J connectivity index is 1.76. The molecule has 2 aromatic rings. The van der Waals surface area contributed by atoms with Gasteiger partial charge in [-0.2, -0.15) is 16.4 Å². The number of thiophene rings is 1. The molecule has 0 saturated carbocycles. The second-order valence-corrected chi connectivity index (χ2v) is 5.26. The summed E-state index contributed by atoms with van der Waals surface area (Å²) in [6.45, 7) is 2.02. The maximum Gasteiger partial charge on any atom is 0.150 e. The molecule has 17 heavy (non-hydrogen) atoms. The van der Waals surface area contributed by atoms with Crippen molar-refractivity contribution < 1.29 is 0 Å². The first kappa shape index (κ1) is 10.8. The lowest BCUT2D eigenvalue weighted by molar-refractivity contribution is 0.498. The van der Waals surface area contributed by atoms with E-state index in [1.807, 2.05) is 0 Å². The standard InChI is InChI=1S/C12H16N4S/c13-10-1-4-16(5-2-10)12-7-11(14-15-12)9-3-6-17-8-9/h3,6-8,10H,1-2,4-5,13H2,(H,14,15). The summed E-state index contributed by atoms with van der Waals surface area (Å²) in [5.74, 6) is 1.04. The van der Waals surface area contributed by atoms with Crippen LogP contribution in [0.3, 0.4) is 0 Å². The number of hydrogen-bond acceptors (Lipinski definition) is 4. The molecule has 0 amide bonds. The highest BCUT2D eigenvalue weighted by molar-refractivity contribution is 7.08. The van der Waals surface area contributed by atoms with E-state index in [4.69, 9.17) is 5.73 Å². The van der Waals surface area contributed by atoms with Crippen molar-refractivity contribution in [2.24, 2.45) is 5.73 Å². The summed E-state index contributed by atoms with van der Waals surface area (Å²) in [6.07, 6.45) is 2.11. The van der Waals surface area contributed by atoms with Crippen LogP contribution in [-0.2, 0) is 0 Å². The van der Waals surface area contributed by atoms with Crippen molar-refractivity contribution in [1.29, 1.82) is 0 Å². The summed E-state index contributed by atoms with van der Waals surface area (Å²) in [4.78, 5) is 2.30. The third-order valence-electron chi connectivity index (χ3n) is 3.26. The number of rotatable bonds is 2. The van der Waals surface area contributed by atoms with Crippen molar-refractivity contribution in [3.05, 3.63) is 22.9 Å². The van der Waals surface area contributed by atoms with E-state index >= 15 is 0 Å². The molecule has 2 aromatic heterocycles. The normalized spacial score (nSPS) is 17.6. The van der Waals surface area contributed by atoms with Gasteiger partial charge in [-0.15, -0.1) is 0 Å². The number of H-pyrrole nitrogens is 1. The van der Waals surface area contributed by atoms with Crippen LogP contribution in [0.1, 0.15) is 12.8 Å². The van der Waals surface area contributed by atoms with Gasteiger partial charge in [-0.25, -0.2) is 0 Å². The molecule has 0 atom stereocenters. The van der Waals surface area contributed by atoms with E-state index in [0.717, 1.165) is 37.4 Å². The van der Waals surface area contributed by atoms with Gasteiger partial charge in [-0.3, -0.25) is 5.10 Å². The lowest BCUT2D eigenvalue weighted by Crippen LogP contribution is -2.39. The largest absolute Gasteiger partial charge is 0.355 e. The lowest BCUT2D eigenvalue weighted by Gasteiger charge is -2.29. The van der Waals surface area contributed by atoms with Crippen molar-refractivity contribution >= 4 is 17.2 Å². The molecule has 0 spiro atoms. The Morgan fingerprint density at radius 2 is 2.24 bits per heavy atom. The molecule has 0 radical (unpaired) electrons. The highest BCUT2D eigenvalue weighted by atomic mass is 32.1. The molecule has 1 saturated heterocycles. The number of piperidine rings is 1. The molecule has 4 nitrogen and oxygen atoms in total. The van der Waals surface area contributed by atoms with Crippen molar-refractivity contribution in [3.63, 3.8) is 0 Å². The Hall–Kier alpha value is -1.33. The lowest BCUT2D eigenvalue weighted by atomic mass is 10.1. The molecule has 1 aliphatic rings. The number of aromatic nitrogens is 2. The molecular formula is C12H16N4S. The highest BCUT2D eigenvalue weighted by Gasteiger charge is 2.18. The zero-order valence-electron chi connectivity index (χ0n) is 9.60. The zero-order valence-corrected chi connectivity index (χ0v) is 10.4. The van der Waals surface area contributed by atoms with Crippen molar-refractivity contribution in [2.45, 2.75) is 18.9 Å². The summed E-state index contributed by atoms with van der Waals surface area (Å²) >= 11 is 1.70. The minimum atomic E-state index is 0.363. The fraction of sp³-hybridized carbons (Fsp3) is 0.417. The Labute approximate surface area is 104 Å². The molecule has 1 aliphatic heterocycles. The van der Waals surface area contributed by atoms with Crippen LogP contribution in [0.25, 0.3) is 11.3 Å². The van der Waals surface area contributed by atoms with Gasteiger partial charge in [0.05, 0.1) is 5.69 Å².